The third-order valence-corrected chi connectivity index (χ3v) is 2.73. The molecule has 1 aliphatic heterocycles. The molecule has 1 aliphatic rings. The van der Waals surface area contributed by atoms with Crippen LogP contribution >= 0.6 is 0 Å². The van der Waals surface area contributed by atoms with Gasteiger partial charge in [-0.25, -0.2) is 0 Å². The first-order valence-electron chi connectivity index (χ1n) is 4.90. The number of rotatable bonds is 2. The van der Waals surface area contributed by atoms with Crippen LogP contribution < -0.4 is 5.32 Å². The number of likely N-dealkylation sites (tertiary alicyclic amines) is 1. The standard InChI is InChI=1S/C10H15N3O/c1-11-9-3-5-13(7-9)10(14)8-2-4-12-6-8/h2,4,6,9,11-12H,3,5,7H2,1H3. The van der Waals surface area contributed by atoms with Gasteiger partial charge in [-0.3, -0.25) is 4.79 Å². The summed E-state index contributed by atoms with van der Waals surface area (Å²) in [6.07, 6.45) is 4.57. The Morgan fingerprint density at radius 3 is 3.14 bits per heavy atom. The van der Waals surface area contributed by atoms with Crippen LogP contribution in [0.2, 0.25) is 0 Å². The molecule has 1 atom stereocenters. The van der Waals surface area contributed by atoms with E-state index in [0.717, 1.165) is 25.1 Å². The van der Waals surface area contributed by atoms with Crippen molar-refractivity contribution in [1.82, 2.24) is 15.2 Å². The van der Waals surface area contributed by atoms with Crippen molar-refractivity contribution in [2.24, 2.45) is 0 Å². The Hall–Kier alpha value is -1.29. The minimum Gasteiger partial charge on any atom is -0.367 e. The Bertz CT molecular complexity index is 307. The molecule has 76 valence electrons. The third kappa shape index (κ3) is 1.65. The van der Waals surface area contributed by atoms with E-state index in [2.05, 4.69) is 10.3 Å². The van der Waals surface area contributed by atoms with Crippen molar-refractivity contribution in [2.45, 2.75) is 12.5 Å². The zero-order chi connectivity index (χ0) is 9.97. The molecule has 1 amide bonds. The van der Waals surface area contributed by atoms with Crippen molar-refractivity contribution < 1.29 is 4.79 Å². The zero-order valence-electron chi connectivity index (χ0n) is 8.29. The number of carbonyl (C=O) groups excluding carboxylic acids is 1. The fourth-order valence-corrected chi connectivity index (χ4v) is 1.82. The molecule has 0 radical (unpaired) electrons. The van der Waals surface area contributed by atoms with Gasteiger partial charge in [-0.1, -0.05) is 0 Å². The second kappa shape index (κ2) is 3.84. The molecule has 2 N–H and O–H groups in total. The summed E-state index contributed by atoms with van der Waals surface area (Å²) in [4.78, 5) is 16.6. The van der Waals surface area contributed by atoms with Crippen LogP contribution in [0.15, 0.2) is 18.5 Å². The summed E-state index contributed by atoms with van der Waals surface area (Å²) in [5.41, 5.74) is 0.752. The topological polar surface area (TPSA) is 48.1 Å². The SMILES string of the molecule is CNC1CCN(C(=O)c2cc[nH]c2)C1. The van der Waals surface area contributed by atoms with Crippen LogP contribution in [-0.4, -0.2) is 42.0 Å². The highest BCUT2D eigenvalue weighted by atomic mass is 16.2. The van der Waals surface area contributed by atoms with Gasteiger partial charge in [-0.15, -0.1) is 0 Å². The van der Waals surface area contributed by atoms with E-state index in [4.69, 9.17) is 0 Å². The van der Waals surface area contributed by atoms with Crippen LogP contribution in [0.25, 0.3) is 0 Å². The first-order chi connectivity index (χ1) is 6.81. The van der Waals surface area contributed by atoms with Crippen LogP contribution in [0.1, 0.15) is 16.8 Å². The second-order valence-electron chi connectivity index (χ2n) is 3.63. The normalized spacial score (nSPS) is 21.5. The summed E-state index contributed by atoms with van der Waals surface area (Å²) in [5, 5.41) is 3.19. The number of likely N-dealkylation sites (N-methyl/N-ethyl adjacent to an activating group) is 1. The first-order valence-corrected chi connectivity index (χ1v) is 4.90. The quantitative estimate of drug-likeness (QED) is 0.716. The summed E-state index contributed by atoms with van der Waals surface area (Å²) in [6, 6.07) is 2.27. The van der Waals surface area contributed by atoms with Gasteiger partial charge in [0, 0.05) is 31.5 Å². The van der Waals surface area contributed by atoms with Crippen molar-refractivity contribution in [3.8, 4) is 0 Å². The summed E-state index contributed by atoms with van der Waals surface area (Å²) in [6.45, 7) is 1.68. The van der Waals surface area contributed by atoms with E-state index in [1.54, 1.807) is 12.4 Å². The number of hydrogen-bond acceptors (Lipinski definition) is 2. The summed E-state index contributed by atoms with van der Waals surface area (Å²) in [5.74, 6) is 0.129. The molecule has 1 aromatic rings. The van der Waals surface area contributed by atoms with Crippen molar-refractivity contribution in [3.05, 3.63) is 24.0 Å². The van der Waals surface area contributed by atoms with Crippen LogP contribution in [0.5, 0.6) is 0 Å². The van der Waals surface area contributed by atoms with Crippen molar-refractivity contribution >= 4 is 5.91 Å². The Morgan fingerprint density at radius 2 is 2.57 bits per heavy atom. The maximum Gasteiger partial charge on any atom is 0.255 e. The molecule has 4 nitrogen and oxygen atoms in total. The molecule has 1 fully saturated rings. The highest BCUT2D eigenvalue weighted by Gasteiger charge is 2.25. The van der Waals surface area contributed by atoms with Gasteiger partial charge in [-0.05, 0) is 19.5 Å². The van der Waals surface area contributed by atoms with Gasteiger partial charge in [0.15, 0.2) is 0 Å². The smallest absolute Gasteiger partial charge is 0.255 e. The molecule has 1 aromatic heterocycles. The number of amides is 1. The fraction of sp³-hybridized carbons (Fsp3) is 0.500. The number of hydrogen-bond donors (Lipinski definition) is 2. The van der Waals surface area contributed by atoms with Crippen LogP contribution in [0, 0.1) is 0 Å². The van der Waals surface area contributed by atoms with E-state index in [1.165, 1.54) is 0 Å². The lowest BCUT2D eigenvalue weighted by Crippen LogP contribution is -2.33. The number of aromatic amines is 1. The average molecular weight is 193 g/mol. The predicted molar refractivity (Wildman–Crippen MR) is 54.2 cm³/mol. The summed E-state index contributed by atoms with van der Waals surface area (Å²) in [7, 11) is 1.94. The first kappa shape index (κ1) is 9.27. The lowest BCUT2D eigenvalue weighted by Gasteiger charge is -2.15. The summed E-state index contributed by atoms with van der Waals surface area (Å²) >= 11 is 0. The van der Waals surface area contributed by atoms with E-state index in [9.17, 15) is 4.79 Å². The molecule has 0 aromatic carbocycles. The monoisotopic (exact) mass is 193 g/mol. The fourth-order valence-electron chi connectivity index (χ4n) is 1.82. The highest BCUT2D eigenvalue weighted by molar-refractivity contribution is 5.94. The van der Waals surface area contributed by atoms with Gasteiger partial charge in [0.1, 0.15) is 0 Å². The number of H-pyrrole nitrogens is 1. The molecule has 2 heterocycles. The van der Waals surface area contributed by atoms with Gasteiger partial charge >= 0.3 is 0 Å². The second-order valence-corrected chi connectivity index (χ2v) is 3.63. The number of aromatic nitrogens is 1. The van der Waals surface area contributed by atoms with Crippen molar-refractivity contribution in [1.29, 1.82) is 0 Å². The van der Waals surface area contributed by atoms with Gasteiger partial charge < -0.3 is 15.2 Å². The van der Waals surface area contributed by atoms with E-state index < -0.39 is 0 Å². The van der Waals surface area contributed by atoms with Crippen LogP contribution in [-0.2, 0) is 0 Å². The van der Waals surface area contributed by atoms with Crippen LogP contribution in [0.3, 0.4) is 0 Å². The number of nitrogens with zero attached hydrogens (tertiary/aromatic N) is 1. The van der Waals surface area contributed by atoms with Gasteiger partial charge in [0.05, 0.1) is 5.56 Å². The molecule has 0 saturated carbocycles. The minimum absolute atomic E-state index is 0.129. The van der Waals surface area contributed by atoms with Gasteiger partial charge in [-0.2, -0.15) is 0 Å². The van der Waals surface area contributed by atoms with Gasteiger partial charge in [0.25, 0.3) is 5.91 Å². The molecule has 1 unspecified atom stereocenters. The van der Waals surface area contributed by atoms with Crippen molar-refractivity contribution in [2.75, 3.05) is 20.1 Å². The van der Waals surface area contributed by atoms with E-state index in [-0.39, 0.29) is 5.91 Å². The number of carbonyl (C=O) groups is 1. The van der Waals surface area contributed by atoms with E-state index in [1.807, 2.05) is 18.0 Å². The molecular formula is C10H15N3O. The molecule has 2 rings (SSSR count). The maximum absolute atomic E-state index is 11.8. The lowest BCUT2D eigenvalue weighted by molar-refractivity contribution is 0.0790. The van der Waals surface area contributed by atoms with Gasteiger partial charge in [0.2, 0.25) is 0 Å². The molecular weight excluding hydrogens is 178 g/mol. The lowest BCUT2D eigenvalue weighted by atomic mass is 10.3. The molecule has 14 heavy (non-hydrogen) atoms. The highest BCUT2D eigenvalue weighted by Crippen LogP contribution is 2.12. The molecule has 0 spiro atoms. The molecule has 0 bridgehead atoms. The predicted octanol–water partition coefficient (Wildman–Crippen LogP) is 0.449. The average Bonchev–Trinajstić information content (AvgIpc) is 2.88. The molecule has 1 saturated heterocycles. The van der Waals surface area contributed by atoms with E-state index in [0.29, 0.717) is 6.04 Å². The third-order valence-electron chi connectivity index (χ3n) is 2.73. The van der Waals surface area contributed by atoms with E-state index >= 15 is 0 Å². The van der Waals surface area contributed by atoms with Crippen molar-refractivity contribution in [3.63, 3.8) is 0 Å². The maximum atomic E-state index is 11.8. The Labute approximate surface area is 83.3 Å². The zero-order valence-corrected chi connectivity index (χ0v) is 8.29. The summed E-state index contributed by atoms with van der Waals surface area (Å²) < 4.78 is 0. The molecule has 4 heteroatoms. The Morgan fingerprint density at radius 1 is 1.71 bits per heavy atom. The number of nitrogens with one attached hydrogen (secondary N) is 2. The minimum atomic E-state index is 0.129. The largest absolute Gasteiger partial charge is 0.367 e. The molecule has 0 aliphatic carbocycles. The van der Waals surface area contributed by atoms with Crippen LogP contribution in [0.4, 0.5) is 0 Å². The Kier molecular flexibility index (Phi) is 2.54. The Balaban J connectivity index is 2.00.